The quantitative estimate of drug-likeness (QED) is 0.133. The lowest BCUT2D eigenvalue weighted by Gasteiger charge is -2.29. The van der Waals surface area contributed by atoms with Gasteiger partial charge in [-0.2, -0.15) is 0 Å². The van der Waals surface area contributed by atoms with E-state index in [0.717, 1.165) is 0 Å². The molecule has 0 bridgehead atoms. The highest BCUT2D eigenvalue weighted by molar-refractivity contribution is 7.52. The first kappa shape index (κ1) is 22.6. The van der Waals surface area contributed by atoms with Gasteiger partial charge in [0.1, 0.15) is 31.0 Å². The maximum Gasteiger partial charge on any atom is 0.368 e. The largest absolute Gasteiger partial charge is 0.481 e. The summed E-state index contributed by atoms with van der Waals surface area (Å²) in [6.07, 6.45) is -8.54. The molecule has 0 saturated heterocycles. The number of aliphatic carboxylic acids is 1. The Hall–Kier alpha value is -1.44. The molecule has 0 aromatic heterocycles. The summed E-state index contributed by atoms with van der Waals surface area (Å²) in [7, 11) is -5.43. The van der Waals surface area contributed by atoms with Gasteiger partial charge in [-0.3, -0.25) is 18.9 Å². The van der Waals surface area contributed by atoms with Crippen molar-refractivity contribution in [2.75, 3.05) is 6.61 Å². The van der Waals surface area contributed by atoms with E-state index in [9.17, 15) is 34.3 Å². The lowest BCUT2D eigenvalue weighted by atomic mass is 10.1. The van der Waals surface area contributed by atoms with Crippen LogP contribution in [0.15, 0.2) is 0 Å². The summed E-state index contributed by atoms with van der Waals surface area (Å²) < 4.78 is 15.5. The Bertz CT molecular complexity index is 518. The molecule has 0 aliphatic rings. The van der Waals surface area contributed by atoms with E-state index in [1.54, 1.807) is 0 Å². The Kier molecular flexibility index (Phi) is 8.60. The predicted octanol–water partition coefficient (Wildman–Crippen LogP) is -4.52. The van der Waals surface area contributed by atoms with Crippen LogP contribution >= 0.6 is 7.60 Å². The molecule has 0 aliphatic heterocycles. The number of hydrogen-bond acceptors (Lipinski definition) is 10. The zero-order chi connectivity index (χ0) is 19.2. The van der Waals surface area contributed by atoms with Crippen molar-refractivity contribution in [1.82, 2.24) is 0 Å². The first-order valence-electron chi connectivity index (χ1n) is 6.23. The molecule has 0 radical (unpaired) electrons. The molecule has 0 aromatic rings. The van der Waals surface area contributed by atoms with Gasteiger partial charge >= 0.3 is 19.5 Å². The summed E-state index contributed by atoms with van der Waals surface area (Å²) in [5.74, 6) is -7.24. The van der Waals surface area contributed by atoms with Crippen molar-refractivity contribution in [3.8, 4) is 0 Å². The minimum atomic E-state index is -5.43. The lowest BCUT2D eigenvalue weighted by molar-refractivity contribution is -0.163. The van der Waals surface area contributed by atoms with E-state index >= 15 is 0 Å². The predicted molar refractivity (Wildman–Crippen MR) is 72.3 cm³/mol. The third kappa shape index (κ3) is 6.59. The molecular weight excluding hydrogens is 357 g/mol. The van der Waals surface area contributed by atoms with E-state index in [2.05, 4.69) is 4.74 Å². The van der Waals surface area contributed by atoms with Gasteiger partial charge in [-0.25, -0.2) is 0 Å². The Morgan fingerprint density at radius 1 is 1.08 bits per heavy atom. The molecule has 1 unspecified atom stereocenters. The highest BCUT2D eigenvalue weighted by Crippen LogP contribution is 2.44. The fourth-order valence-corrected chi connectivity index (χ4v) is 2.27. The van der Waals surface area contributed by atoms with E-state index in [1.807, 2.05) is 0 Å². The standard InChI is InChI=1S/C10H18NO12P/c11-3(1-5(14)15)9(19)23-10(24(20,21)22)8(18)7(17)6(16)4(13)2-12/h3,6-8,10,12,16-18H,1-2,11H2,(H,14,15)(H2,20,21,22)/t3-,6+,7-,8-,10?/m0/s1. The van der Waals surface area contributed by atoms with Gasteiger partial charge in [0, 0.05) is 0 Å². The van der Waals surface area contributed by atoms with E-state index < -0.39 is 68.5 Å². The smallest absolute Gasteiger partial charge is 0.368 e. The summed E-state index contributed by atoms with van der Waals surface area (Å²) in [4.78, 5) is 51.1. The summed E-state index contributed by atoms with van der Waals surface area (Å²) in [5, 5.41) is 45.5. The van der Waals surface area contributed by atoms with Crippen LogP contribution in [0.3, 0.4) is 0 Å². The zero-order valence-corrected chi connectivity index (χ0v) is 12.9. The number of carboxylic acid groups (broad SMARTS) is 1. The Morgan fingerprint density at radius 3 is 1.96 bits per heavy atom. The number of Topliss-reactive ketones (excluding diaryl/α,β-unsaturated/α-hetero) is 1. The van der Waals surface area contributed by atoms with Crippen molar-refractivity contribution in [2.24, 2.45) is 5.73 Å². The van der Waals surface area contributed by atoms with Gasteiger partial charge in [0.2, 0.25) is 5.85 Å². The molecular formula is C10H18NO12P. The van der Waals surface area contributed by atoms with Gasteiger partial charge in [0.05, 0.1) is 6.42 Å². The van der Waals surface area contributed by atoms with Crippen molar-refractivity contribution >= 4 is 25.3 Å². The van der Waals surface area contributed by atoms with E-state index in [-0.39, 0.29) is 0 Å². The summed E-state index contributed by atoms with van der Waals surface area (Å²) in [6, 6.07) is -1.83. The van der Waals surface area contributed by atoms with Crippen LogP contribution in [0.2, 0.25) is 0 Å². The first-order chi connectivity index (χ1) is 10.8. The second-order valence-corrected chi connectivity index (χ2v) is 6.36. The molecule has 5 atom stereocenters. The van der Waals surface area contributed by atoms with Crippen LogP contribution in [0.25, 0.3) is 0 Å². The molecule has 13 nitrogen and oxygen atoms in total. The van der Waals surface area contributed by atoms with Crippen LogP contribution in [0.1, 0.15) is 6.42 Å². The molecule has 0 saturated carbocycles. The highest BCUT2D eigenvalue weighted by Gasteiger charge is 2.46. The Balaban J connectivity index is 5.28. The van der Waals surface area contributed by atoms with Crippen molar-refractivity contribution in [1.29, 1.82) is 0 Å². The fraction of sp³-hybridized carbons (Fsp3) is 0.700. The third-order valence-electron chi connectivity index (χ3n) is 2.72. The number of carboxylic acids is 1. The third-order valence-corrected chi connectivity index (χ3v) is 3.79. The van der Waals surface area contributed by atoms with Crippen LogP contribution in [0, 0.1) is 0 Å². The maximum atomic E-state index is 11.5. The number of carbonyl (C=O) groups is 3. The lowest BCUT2D eigenvalue weighted by Crippen LogP contribution is -2.50. The topological polar surface area (TPSA) is 245 Å². The Labute approximate surface area is 134 Å². The zero-order valence-electron chi connectivity index (χ0n) is 12.0. The van der Waals surface area contributed by atoms with E-state index in [1.165, 1.54) is 0 Å². The first-order valence-corrected chi connectivity index (χ1v) is 7.91. The van der Waals surface area contributed by atoms with Crippen molar-refractivity contribution in [3.05, 3.63) is 0 Å². The maximum absolute atomic E-state index is 11.5. The monoisotopic (exact) mass is 375 g/mol. The van der Waals surface area contributed by atoms with Crippen molar-refractivity contribution < 1.29 is 59.0 Å². The molecule has 0 heterocycles. The number of hydrogen-bond donors (Lipinski definition) is 8. The van der Waals surface area contributed by atoms with Gasteiger partial charge in [-0.15, -0.1) is 0 Å². The van der Waals surface area contributed by atoms with E-state index in [0.29, 0.717) is 0 Å². The molecule has 0 fully saturated rings. The molecule has 140 valence electrons. The molecule has 24 heavy (non-hydrogen) atoms. The number of nitrogens with two attached hydrogens (primary N) is 1. The number of esters is 1. The van der Waals surface area contributed by atoms with Gasteiger partial charge in [-0.1, -0.05) is 0 Å². The number of ketones is 1. The summed E-state index contributed by atoms with van der Waals surface area (Å²) in [5.41, 5.74) is 5.13. The number of aliphatic hydroxyl groups excluding tert-OH is 4. The van der Waals surface area contributed by atoms with Crippen molar-refractivity contribution in [3.63, 3.8) is 0 Å². The van der Waals surface area contributed by atoms with Gasteiger partial charge < -0.3 is 45.8 Å². The van der Waals surface area contributed by atoms with Gasteiger partial charge in [-0.05, 0) is 0 Å². The second-order valence-electron chi connectivity index (χ2n) is 4.67. The number of carbonyl (C=O) groups excluding carboxylic acids is 2. The molecule has 0 rings (SSSR count). The van der Waals surface area contributed by atoms with Gasteiger partial charge in [0.15, 0.2) is 5.78 Å². The van der Waals surface area contributed by atoms with Gasteiger partial charge in [0.25, 0.3) is 0 Å². The fourth-order valence-electron chi connectivity index (χ4n) is 1.45. The van der Waals surface area contributed by atoms with Crippen LogP contribution in [-0.4, -0.2) is 89.8 Å². The average Bonchev–Trinajstić information content (AvgIpc) is 2.47. The minimum absolute atomic E-state index is 0.947. The van der Waals surface area contributed by atoms with Crippen LogP contribution < -0.4 is 5.73 Å². The van der Waals surface area contributed by atoms with Crippen LogP contribution in [-0.2, 0) is 23.7 Å². The molecule has 0 aliphatic carbocycles. The summed E-state index contributed by atoms with van der Waals surface area (Å²) in [6.45, 7) is -1.24. The highest BCUT2D eigenvalue weighted by atomic mass is 31.2. The van der Waals surface area contributed by atoms with E-state index in [4.69, 9.17) is 25.7 Å². The average molecular weight is 375 g/mol. The number of aliphatic hydroxyl groups is 4. The van der Waals surface area contributed by atoms with Crippen LogP contribution in [0.4, 0.5) is 0 Å². The normalized spacial score (nSPS) is 18.1. The number of ether oxygens (including phenoxy) is 1. The number of rotatable bonds is 10. The minimum Gasteiger partial charge on any atom is -0.481 e. The SMILES string of the molecule is N[C@@H](CC(=O)O)C(=O)OC([C@@H](O)[C@@H](O)[C@H](O)C(=O)CO)P(=O)(O)O. The molecule has 0 aromatic carbocycles. The molecule has 0 spiro atoms. The van der Waals surface area contributed by atoms with Crippen LogP contribution in [0.5, 0.6) is 0 Å². The molecule has 0 amide bonds. The summed E-state index contributed by atoms with van der Waals surface area (Å²) >= 11 is 0. The Morgan fingerprint density at radius 2 is 1.58 bits per heavy atom. The van der Waals surface area contributed by atoms with Crippen molar-refractivity contribution in [2.45, 2.75) is 36.6 Å². The second kappa shape index (κ2) is 9.15. The molecule has 9 N–H and O–H groups in total. The molecule has 14 heteroatoms.